The second-order valence-corrected chi connectivity index (χ2v) is 6.36. The fourth-order valence-electron chi connectivity index (χ4n) is 2.72. The summed E-state index contributed by atoms with van der Waals surface area (Å²) >= 11 is 0. The van der Waals surface area contributed by atoms with Gasteiger partial charge < -0.3 is 10.6 Å². The highest BCUT2D eigenvalue weighted by molar-refractivity contribution is 6.04. The van der Waals surface area contributed by atoms with Gasteiger partial charge in [-0.05, 0) is 49.2 Å². The van der Waals surface area contributed by atoms with Gasteiger partial charge in [0.05, 0.1) is 6.04 Å². The summed E-state index contributed by atoms with van der Waals surface area (Å²) in [5.74, 6) is -0.607. The van der Waals surface area contributed by atoms with Crippen LogP contribution >= 0.6 is 0 Å². The first-order valence-corrected chi connectivity index (χ1v) is 8.73. The predicted octanol–water partition coefficient (Wildman–Crippen LogP) is 4.13. The first-order valence-electron chi connectivity index (χ1n) is 8.73. The summed E-state index contributed by atoms with van der Waals surface area (Å²) in [5, 5.41) is 5.74. The summed E-state index contributed by atoms with van der Waals surface area (Å²) in [7, 11) is 0. The van der Waals surface area contributed by atoms with Gasteiger partial charge in [-0.15, -0.1) is 0 Å². The van der Waals surface area contributed by atoms with Crippen LogP contribution in [0.25, 0.3) is 0 Å². The van der Waals surface area contributed by atoms with Crippen molar-refractivity contribution < 1.29 is 9.59 Å². The van der Waals surface area contributed by atoms with Gasteiger partial charge in [0.1, 0.15) is 5.69 Å². The molecule has 3 aromatic rings. The molecule has 1 unspecified atom stereocenters. The highest BCUT2D eigenvalue weighted by atomic mass is 16.2. The summed E-state index contributed by atoms with van der Waals surface area (Å²) in [6, 6.07) is 20.1. The van der Waals surface area contributed by atoms with E-state index in [-0.39, 0.29) is 23.6 Å². The van der Waals surface area contributed by atoms with Gasteiger partial charge in [-0.25, -0.2) is 0 Å². The number of nitrogens with zero attached hydrogens (tertiary/aromatic N) is 1. The molecule has 0 spiro atoms. The molecule has 1 heterocycles. The summed E-state index contributed by atoms with van der Waals surface area (Å²) in [4.78, 5) is 29.1. The zero-order valence-corrected chi connectivity index (χ0v) is 15.3. The Bertz CT molecular complexity index is 955. The quantitative estimate of drug-likeness (QED) is 0.719. The third-order valence-corrected chi connectivity index (χ3v) is 4.18. The molecule has 5 heteroatoms. The average Bonchev–Trinajstić information content (AvgIpc) is 2.68. The SMILES string of the molecule is Cc1cccc(NC(=O)c2cc(C(=O)NC(C)c3ccccc3)ccn2)c1. The second kappa shape index (κ2) is 8.27. The molecule has 0 bridgehead atoms. The number of hydrogen-bond acceptors (Lipinski definition) is 3. The van der Waals surface area contributed by atoms with Gasteiger partial charge in [0.2, 0.25) is 0 Å². The molecular weight excluding hydrogens is 338 g/mol. The lowest BCUT2D eigenvalue weighted by molar-refractivity contribution is 0.0939. The number of nitrogens with one attached hydrogen (secondary N) is 2. The van der Waals surface area contributed by atoms with Crippen molar-refractivity contribution in [3.63, 3.8) is 0 Å². The Morgan fingerprint density at radius 3 is 2.44 bits per heavy atom. The van der Waals surface area contributed by atoms with E-state index in [4.69, 9.17) is 0 Å². The molecule has 0 saturated carbocycles. The fraction of sp³-hybridized carbons (Fsp3) is 0.136. The number of pyridine rings is 1. The van der Waals surface area contributed by atoms with Crippen LogP contribution in [0, 0.1) is 6.92 Å². The molecule has 0 aliphatic heterocycles. The fourth-order valence-corrected chi connectivity index (χ4v) is 2.72. The summed E-state index contributed by atoms with van der Waals surface area (Å²) in [6.45, 7) is 3.87. The number of carbonyl (C=O) groups is 2. The Morgan fingerprint density at radius 1 is 0.926 bits per heavy atom. The van der Waals surface area contributed by atoms with Crippen LogP contribution in [0.4, 0.5) is 5.69 Å². The number of aromatic nitrogens is 1. The van der Waals surface area contributed by atoms with Gasteiger partial charge >= 0.3 is 0 Å². The molecule has 1 aromatic heterocycles. The van der Waals surface area contributed by atoms with Crippen molar-refractivity contribution in [3.8, 4) is 0 Å². The van der Waals surface area contributed by atoms with Gasteiger partial charge in [0.15, 0.2) is 0 Å². The molecule has 2 aromatic carbocycles. The number of anilines is 1. The molecule has 0 aliphatic carbocycles. The molecule has 3 rings (SSSR count). The van der Waals surface area contributed by atoms with Gasteiger partial charge in [0, 0.05) is 17.4 Å². The highest BCUT2D eigenvalue weighted by Gasteiger charge is 2.14. The van der Waals surface area contributed by atoms with Gasteiger partial charge in [-0.2, -0.15) is 0 Å². The molecule has 136 valence electrons. The standard InChI is InChI=1S/C22H21N3O2/c1-15-7-6-10-19(13-15)25-22(27)20-14-18(11-12-23-20)21(26)24-16(2)17-8-4-3-5-9-17/h3-14,16H,1-2H3,(H,24,26)(H,25,27). The molecule has 5 nitrogen and oxygen atoms in total. The number of amides is 2. The van der Waals surface area contributed by atoms with Crippen LogP contribution in [0.1, 0.15) is 44.9 Å². The van der Waals surface area contributed by atoms with Crippen LogP contribution in [-0.2, 0) is 0 Å². The second-order valence-electron chi connectivity index (χ2n) is 6.36. The van der Waals surface area contributed by atoms with E-state index in [0.717, 1.165) is 11.1 Å². The van der Waals surface area contributed by atoms with Gasteiger partial charge in [-0.1, -0.05) is 42.5 Å². The molecule has 1 atom stereocenters. The Hall–Kier alpha value is -3.47. The van der Waals surface area contributed by atoms with Crippen molar-refractivity contribution in [3.05, 3.63) is 95.3 Å². The Labute approximate surface area is 158 Å². The lowest BCUT2D eigenvalue weighted by atomic mass is 10.1. The molecule has 2 amide bonds. The van der Waals surface area contributed by atoms with Crippen LogP contribution in [0.5, 0.6) is 0 Å². The molecular formula is C22H21N3O2. The third kappa shape index (κ3) is 4.79. The van der Waals surface area contributed by atoms with Crippen LogP contribution in [0.15, 0.2) is 72.9 Å². The van der Waals surface area contributed by atoms with Crippen molar-refractivity contribution in [2.45, 2.75) is 19.9 Å². The topological polar surface area (TPSA) is 71.1 Å². The first kappa shape index (κ1) is 18.3. The number of aryl methyl sites for hydroxylation is 1. The van der Waals surface area contributed by atoms with Crippen molar-refractivity contribution >= 4 is 17.5 Å². The minimum atomic E-state index is -0.355. The summed E-state index contributed by atoms with van der Waals surface area (Å²) in [6.07, 6.45) is 1.47. The summed E-state index contributed by atoms with van der Waals surface area (Å²) < 4.78 is 0. The minimum Gasteiger partial charge on any atom is -0.346 e. The van der Waals surface area contributed by atoms with E-state index in [0.29, 0.717) is 11.3 Å². The van der Waals surface area contributed by atoms with Crippen molar-refractivity contribution in [2.24, 2.45) is 0 Å². The van der Waals surface area contributed by atoms with E-state index >= 15 is 0 Å². The Kier molecular flexibility index (Phi) is 5.61. The monoisotopic (exact) mass is 359 g/mol. The van der Waals surface area contributed by atoms with Gasteiger partial charge in [0.25, 0.3) is 11.8 Å². The maximum atomic E-state index is 12.5. The van der Waals surface area contributed by atoms with E-state index in [1.165, 1.54) is 12.3 Å². The average molecular weight is 359 g/mol. The minimum absolute atomic E-state index is 0.142. The van der Waals surface area contributed by atoms with Crippen molar-refractivity contribution in [2.75, 3.05) is 5.32 Å². The molecule has 0 aliphatic rings. The number of benzene rings is 2. The third-order valence-electron chi connectivity index (χ3n) is 4.18. The first-order chi connectivity index (χ1) is 13.0. The Balaban J connectivity index is 1.71. The molecule has 0 radical (unpaired) electrons. The van der Waals surface area contributed by atoms with Crippen LogP contribution in [0.2, 0.25) is 0 Å². The van der Waals surface area contributed by atoms with Crippen molar-refractivity contribution in [1.29, 1.82) is 0 Å². The van der Waals surface area contributed by atoms with Gasteiger partial charge in [-0.3, -0.25) is 14.6 Å². The largest absolute Gasteiger partial charge is 0.346 e. The summed E-state index contributed by atoms with van der Waals surface area (Å²) in [5.41, 5.74) is 3.33. The van der Waals surface area contributed by atoms with Crippen LogP contribution in [-0.4, -0.2) is 16.8 Å². The van der Waals surface area contributed by atoms with E-state index in [1.54, 1.807) is 6.07 Å². The smallest absolute Gasteiger partial charge is 0.274 e. The molecule has 0 saturated heterocycles. The molecule has 27 heavy (non-hydrogen) atoms. The van der Waals surface area contributed by atoms with E-state index in [9.17, 15) is 9.59 Å². The number of hydrogen-bond donors (Lipinski definition) is 2. The molecule has 0 fully saturated rings. The Morgan fingerprint density at radius 2 is 1.70 bits per heavy atom. The van der Waals surface area contributed by atoms with Crippen LogP contribution < -0.4 is 10.6 Å². The predicted molar refractivity (Wildman–Crippen MR) is 106 cm³/mol. The maximum Gasteiger partial charge on any atom is 0.274 e. The van der Waals surface area contributed by atoms with E-state index in [1.807, 2.05) is 68.4 Å². The zero-order valence-electron chi connectivity index (χ0n) is 15.3. The lowest BCUT2D eigenvalue weighted by Gasteiger charge is -2.14. The van der Waals surface area contributed by atoms with E-state index in [2.05, 4.69) is 15.6 Å². The number of rotatable bonds is 5. The van der Waals surface area contributed by atoms with E-state index < -0.39 is 0 Å². The lowest BCUT2D eigenvalue weighted by Crippen LogP contribution is -2.27. The normalized spacial score (nSPS) is 11.5. The maximum absolute atomic E-state index is 12.5. The van der Waals surface area contributed by atoms with Crippen molar-refractivity contribution in [1.82, 2.24) is 10.3 Å². The number of carbonyl (C=O) groups excluding carboxylic acids is 2. The van der Waals surface area contributed by atoms with Crippen LogP contribution in [0.3, 0.4) is 0 Å². The zero-order chi connectivity index (χ0) is 19.2. The molecule has 2 N–H and O–H groups in total. The highest BCUT2D eigenvalue weighted by Crippen LogP contribution is 2.14.